The van der Waals surface area contributed by atoms with Gasteiger partial charge in [0.05, 0.1) is 0 Å². The van der Waals surface area contributed by atoms with Crippen molar-refractivity contribution < 1.29 is 30.0 Å². The van der Waals surface area contributed by atoms with Crippen molar-refractivity contribution in [2.24, 2.45) is 0 Å². The molecule has 0 spiro atoms. The highest BCUT2D eigenvalue weighted by Gasteiger charge is 1.77. The van der Waals surface area contributed by atoms with E-state index in [1.165, 1.54) is 18.2 Å². The van der Waals surface area contributed by atoms with Crippen LogP contribution in [-0.2, 0) is 0 Å². The van der Waals surface area contributed by atoms with E-state index in [4.69, 9.17) is 30.0 Å². The molecule has 0 fully saturated rings. The number of hydrogen-bond acceptors (Lipinski definition) is 9. The third-order valence-corrected chi connectivity index (χ3v) is 1.26. The molecule has 0 amide bonds. The SMILES string of the molecule is C=CC(O)S.C=CC(O)S.C=CC(O)S.OP(O)O. The molecule has 0 aliphatic carbocycles. The second kappa shape index (κ2) is 23.5. The molecule has 116 valence electrons. The molecule has 6 nitrogen and oxygen atoms in total. The van der Waals surface area contributed by atoms with E-state index in [-0.39, 0.29) is 0 Å². The Morgan fingerprint density at radius 3 is 0.737 bits per heavy atom. The molecule has 3 unspecified atom stereocenters. The first-order chi connectivity index (χ1) is 8.54. The van der Waals surface area contributed by atoms with Gasteiger partial charge in [-0.1, -0.05) is 38.0 Å². The maximum Gasteiger partial charge on any atom is 0.324 e. The molecular formula is C9H21O6PS3. The van der Waals surface area contributed by atoms with Crippen LogP contribution in [0.1, 0.15) is 0 Å². The summed E-state index contributed by atoms with van der Waals surface area (Å²) < 4.78 is 0. The van der Waals surface area contributed by atoms with Crippen molar-refractivity contribution in [2.75, 3.05) is 0 Å². The van der Waals surface area contributed by atoms with E-state index in [2.05, 4.69) is 57.6 Å². The lowest BCUT2D eigenvalue weighted by atomic mass is 10.7. The molecular weight excluding hydrogens is 331 g/mol. The predicted octanol–water partition coefficient (Wildman–Crippen LogP) is 0.452. The Hall–Kier alpha value is 0.460. The highest BCUT2D eigenvalue weighted by Crippen LogP contribution is 2.11. The monoisotopic (exact) mass is 352 g/mol. The molecule has 19 heavy (non-hydrogen) atoms. The Balaban J connectivity index is -0.0000000793. The van der Waals surface area contributed by atoms with Crippen molar-refractivity contribution >= 4 is 46.5 Å². The lowest BCUT2D eigenvalue weighted by Crippen LogP contribution is -1.83. The van der Waals surface area contributed by atoms with Crippen molar-refractivity contribution in [3.63, 3.8) is 0 Å². The zero-order valence-electron chi connectivity index (χ0n) is 10.1. The smallest absolute Gasteiger partial charge is 0.324 e. The van der Waals surface area contributed by atoms with Crippen LogP contribution in [0.4, 0.5) is 0 Å². The number of hydrogen-bond donors (Lipinski definition) is 9. The van der Waals surface area contributed by atoms with Gasteiger partial charge in [0, 0.05) is 0 Å². The van der Waals surface area contributed by atoms with E-state index >= 15 is 0 Å². The second-order valence-electron chi connectivity index (χ2n) is 2.22. The number of rotatable bonds is 3. The molecule has 0 aliphatic heterocycles. The van der Waals surface area contributed by atoms with E-state index in [1.807, 2.05) is 0 Å². The van der Waals surface area contributed by atoms with Gasteiger partial charge in [0.25, 0.3) is 0 Å². The van der Waals surface area contributed by atoms with Crippen LogP contribution in [-0.4, -0.2) is 46.3 Å². The maximum atomic E-state index is 8.11. The van der Waals surface area contributed by atoms with Crippen LogP contribution in [0.25, 0.3) is 0 Å². The number of aliphatic hydroxyl groups excluding tert-OH is 3. The first kappa shape index (κ1) is 27.7. The van der Waals surface area contributed by atoms with Crippen LogP contribution in [0.5, 0.6) is 0 Å². The van der Waals surface area contributed by atoms with Gasteiger partial charge in [-0.25, -0.2) is 0 Å². The summed E-state index contributed by atoms with van der Waals surface area (Å²) in [6.07, 6.45) is 4.01. The van der Waals surface area contributed by atoms with Crippen LogP contribution in [0.15, 0.2) is 38.0 Å². The highest BCUT2D eigenvalue weighted by molar-refractivity contribution is 7.81. The molecule has 0 aromatic heterocycles. The van der Waals surface area contributed by atoms with E-state index in [0.29, 0.717) is 0 Å². The zero-order valence-corrected chi connectivity index (χ0v) is 13.6. The van der Waals surface area contributed by atoms with E-state index in [0.717, 1.165) is 0 Å². The molecule has 0 rings (SSSR count). The zero-order chi connectivity index (χ0) is 16.4. The van der Waals surface area contributed by atoms with Crippen molar-refractivity contribution in [1.29, 1.82) is 0 Å². The summed E-state index contributed by atoms with van der Waals surface area (Å²) in [6, 6.07) is 0. The first-order valence-corrected chi connectivity index (χ1v) is 7.12. The van der Waals surface area contributed by atoms with Crippen LogP contribution in [0.2, 0.25) is 0 Å². The molecule has 0 aromatic carbocycles. The third-order valence-electron chi connectivity index (χ3n) is 0.632. The van der Waals surface area contributed by atoms with Gasteiger partial charge in [-0.05, 0) is 0 Å². The fraction of sp³-hybridized carbons (Fsp3) is 0.333. The molecule has 3 atom stereocenters. The molecule has 0 bridgehead atoms. The fourth-order valence-electron chi connectivity index (χ4n) is 0. The molecule has 0 radical (unpaired) electrons. The topological polar surface area (TPSA) is 121 Å². The van der Waals surface area contributed by atoms with Crippen molar-refractivity contribution in [3.8, 4) is 0 Å². The minimum Gasteiger partial charge on any atom is -0.379 e. The standard InChI is InChI=1S/3C3H6OS.H3O3P/c3*1-2-3(4)5;1-4(2)3/h3*2-5H,1H2;1-3H. The van der Waals surface area contributed by atoms with Crippen LogP contribution in [0.3, 0.4) is 0 Å². The Bertz CT molecular complexity index is 171. The normalized spacial score (nSPS) is 12.9. The summed E-state index contributed by atoms with van der Waals surface area (Å²) >= 11 is 10.6. The summed E-state index contributed by atoms with van der Waals surface area (Å²) in [4.78, 5) is 21.7. The second-order valence-corrected chi connectivity index (χ2v) is 4.34. The van der Waals surface area contributed by atoms with Gasteiger partial charge in [0.2, 0.25) is 0 Å². The molecule has 0 saturated heterocycles. The third kappa shape index (κ3) is 120. The molecule has 0 aromatic rings. The van der Waals surface area contributed by atoms with Gasteiger partial charge in [0.1, 0.15) is 16.3 Å². The van der Waals surface area contributed by atoms with Gasteiger partial charge in [0.15, 0.2) is 0 Å². The Morgan fingerprint density at radius 1 is 0.684 bits per heavy atom. The molecule has 0 aliphatic rings. The fourth-order valence-corrected chi connectivity index (χ4v) is 0. The average Bonchev–Trinajstić information content (AvgIpc) is 2.29. The summed E-state index contributed by atoms with van der Waals surface area (Å²) in [5.74, 6) is 0. The van der Waals surface area contributed by atoms with Crippen molar-refractivity contribution in [3.05, 3.63) is 38.0 Å². The Morgan fingerprint density at radius 2 is 0.737 bits per heavy atom. The predicted molar refractivity (Wildman–Crippen MR) is 89.1 cm³/mol. The van der Waals surface area contributed by atoms with Gasteiger partial charge in [-0.15, -0.1) is 37.9 Å². The highest BCUT2D eigenvalue weighted by atomic mass is 32.1. The van der Waals surface area contributed by atoms with Gasteiger partial charge in [-0.3, -0.25) is 0 Å². The molecule has 0 saturated carbocycles. The molecule has 0 heterocycles. The minimum absolute atomic E-state index is 0.657. The lowest BCUT2D eigenvalue weighted by Gasteiger charge is -1.83. The molecule has 10 heteroatoms. The van der Waals surface area contributed by atoms with E-state index in [9.17, 15) is 0 Å². The number of thiol groups is 3. The van der Waals surface area contributed by atoms with E-state index < -0.39 is 24.9 Å². The summed E-state index contributed by atoms with van der Waals surface area (Å²) in [7, 11) is -2.62. The summed E-state index contributed by atoms with van der Waals surface area (Å²) in [5.41, 5.74) is -1.97. The minimum atomic E-state index is -2.62. The first-order valence-electron chi connectivity index (χ1n) is 4.37. The lowest BCUT2D eigenvalue weighted by molar-refractivity contribution is 0.312. The Labute approximate surface area is 131 Å². The summed E-state index contributed by atoms with van der Waals surface area (Å²) in [6.45, 7) is 9.70. The molecule has 6 N–H and O–H groups in total. The van der Waals surface area contributed by atoms with Crippen molar-refractivity contribution in [1.82, 2.24) is 0 Å². The maximum absolute atomic E-state index is 8.11. The number of aliphatic hydroxyl groups is 3. The van der Waals surface area contributed by atoms with Crippen LogP contribution >= 0.6 is 46.5 Å². The van der Waals surface area contributed by atoms with Crippen LogP contribution in [0, 0.1) is 0 Å². The Kier molecular flexibility index (Phi) is 34.4. The van der Waals surface area contributed by atoms with Gasteiger partial charge < -0.3 is 30.0 Å². The van der Waals surface area contributed by atoms with Crippen molar-refractivity contribution in [2.45, 2.75) is 16.3 Å². The van der Waals surface area contributed by atoms with Gasteiger partial charge >= 0.3 is 8.60 Å². The largest absolute Gasteiger partial charge is 0.379 e. The van der Waals surface area contributed by atoms with Crippen LogP contribution < -0.4 is 0 Å². The van der Waals surface area contributed by atoms with Gasteiger partial charge in [-0.2, -0.15) is 0 Å². The summed E-state index contributed by atoms with van der Waals surface area (Å²) in [5, 5.41) is 24.3. The average molecular weight is 352 g/mol. The quantitative estimate of drug-likeness (QED) is 0.157. The van der Waals surface area contributed by atoms with E-state index in [1.54, 1.807) is 0 Å².